The molecule has 0 aromatic heterocycles. The van der Waals surface area contributed by atoms with Crippen LogP contribution < -0.4 is 5.43 Å². The Hall–Kier alpha value is -1.07. The molecule has 0 fully saturated rings. The number of halogens is 8. The smallest absolute Gasteiger partial charge is 0.242 e. The van der Waals surface area contributed by atoms with Crippen molar-refractivity contribution < 1.29 is 30.7 Å². The summed E-state index contributed by atoms with van der Waals surface area (Å²) in [6, 6.07) is 0.520. The lowest BCUT2D eigenvalue weighted by Gasteiger charge is -2.27. The van der Waals surface area contributed by atoms with E-state index in [9.17, 15) is 30.7 Å². The summed E-state index contributed by atoms with van der Waals surface area (Å²) in [5.41, 5.74) is 0.797. The molecule has 0 aliphatic carbocycles. The van der Waals surface area contributed by atoms with Crippen LogP contribution in [0.5, 0.6) is 0 Å². The van der Waals surface area contributed by atoms with Crippen molar-refractivity contribution in [3.05, 3.63) is 33.4 Å². The van der Waals surface area contributed by atoms with Crippen LogP contribution in [0, 0.1) is 3.57 Å². The highest BCUT2D eigenvalue weighted by Gasteiger charge is 2.73. The number of hydrazone groups is 1. The molecule has 0 amide bonds. The van der Waals surface area contributed by atoms with E-state index in [2.05, 4.69) is 5.10 Å². The van der Waals surface area contributed by atoms with E-state index < -0.39 is 18.1 Å². The predicted molar refractivity (Wildman–Crippen MR) is 65.8 cm³/mol. The van der Waals surface area contributed by atoms with E-state index in [-0.39, 0.29) is 5.56 Å². The molecule has 112 valence electrons. The Balaban J connectivity index is 2.82. The third-order valence-electron chi connectivity index (χ3n) is 2.02. The molecule has 10 heteroatoms. The van der Waals surface area contributed by atoms with Crippen LogP contribution in [-0.4, -0.2) is 24.4 Å². The molecule has 0 saturated carbocycles. The Morgan fingerprint density at radius 1 is 1.05 bits per heavy atom. The minimum atomic E-state index is -6.39. The summed E-state index contributed by atoms with van der Waals surface area (Å²) in [5.74, 6) is -6.23. The molecule has 2 nitrogen and oxygen atoms in total. The van der Waals surface area contributed by atoms with Crippen molar-refractivity contribution in [1.82, 2.24) is 5.43 Å². The second kappa shape index (κ2) is 5.74. The van der Waals surface area contributed by atoms with Gasteiger partial charge in [0.2, 0.25) is 0 Å². The van der Waals surface area contributed by atoms with Gasteiger partial charge in [-0.15, -0.1) is 0 Å². The number of alkyl halides is 7. The predicted octanol–water partition coefficient (Wildman–Crippen LogP) is 4.01. The molecule has 1 aromatic rings. The first kappa shape index (κ1) is 17.0. The number of hydrogen-bond acceptors (Lipinski definition) is 2. The lowest BCUT2D eigenvalue weighted by molar-refractivity contribution is -0.361. The van der Waals surface area contributed by atoms with Crippen molar-refractivity contribution in [2.24, 2.45) is 5.10 Å². The third-order valence-corrected chi connectivity index (χ3v) is 2.69. The Labute approximate surface area is 122 Å². The average molecular weight is 414 g/mol. The maximum Gasteiger partial charge on any atom is 0.462 e. The van der Waals surface area contributed by atoms with E-state index in [0.717, 1.165) is 0 Å². The van der Waals surface area contributed by atoms with Crippen LogP contribution >= 0.6 is 22.6 Å². The zero-order valence-corrected chi connectivity index (χ0v) is 11.5. The monoisotopic (exact) mass is 414 g/mol. The van der Waals surface area contributed by atoms with Gasteiger partial charge in [0.1, 0.15) is 0 Å². The lowest BCUT2D eigenvalue weighted by atomic mass is 10.2. The largest absolute Gasteiger partial charge is 0.462 e. The molecule has 1 N–H and O–H groups in total. The van der Waals surface area contributed by atoms with E-state index in [0.29, 0.717) is 15.2 Å². The number of benzene rings is 1. The molecular formula is C10H6F7IN2. The Kier molecular flexibility index (Phi) is 4.87. The van der Waals surface area contributed by atoms with E-state index >= 15 is 0 Å². The van der Waals surface area contributed by atoms with Crippen molar-refractivity contribution in [3.63, 3.8) is 0 Å². The maximum absolute atomic E-state index is 12.8. The third kappa shape index (κ3) is 3.73. The summed E-state index contributed by atoms with van der Waals surface area (Å²) in [4.78, 5) is 0. The van der Waals surface area contributed by atoms with Crippen molar-refractivity contribution in [2.75, 3.05) is 0 Å². The van der Waals surface area contributed by atoms with Crippen molar-refractivity contribution in [1.29, 1.82) is 0 Å². The molecule has 1 rings (SSSR count). The zero-order valence-electron chi connectivity index (χ0n) is 9.36. The first-order chi connectivity index (χ1) is 8.97. The molecule has 0 aliphatic rings. The van der Waals surface area contributed by atoms with E-state index in [4.69, 9.17) is 0 Å². The van der Waals surface area contributed by atoms with Gasteiger partial charge in [-0.05, 0) is 40.3 Å². The fourth-order valence-electron chi connectivity index (χ4n) is 1.02. The van der Waals surface area contributed by atoms with E-state index in [1.165, 1.54) is 18.2 Å². The SMILES string of the molecule is FC(F)(F)C(F)(F)C(F)(F)N/N=C/c1cccc(I)c1. The van der Waals surface area contributed by atoms with Crippen LogP contribution in [0.25, 0.3) is 0 Å². The second-order valence-corrected chi connectivity index (χ2v) is 4.82. The lowest BCUT2D eigenvalue weighted by Crippen LogP contribution is -2.58. The molecule has 20 heavy (non-hydrogen) atoms. The van der Waals surface area contributed by atoms with Crippen LogP contribution in [0.2, 0.25) is 0 Å². The summed E-state index contributed by atoms with van der Waals surface area (Å²) in [6.07, 6.45) is -5.68. The van der Waals surface area contributed by atoms with Gasteiger partial charge in [-0.3, -0.25) is 0 Å². The fraction of sp³-hybridized carbons (Fsp3) is 0.300. The molecule has 0 heterocycles. The minimum absolute atomic E-state index is 0.260. The fourth-order valence-corrected chi connectivity index (χ4v) is 1.59. The maximum atomic E-state index is 12.8. The highest BCUT2D eigenvalue weighted by atomic mass is 127. The highest BCUT2D eigenvalue weighted by Crippen LogP contribution is 2.44. The van der Waals surface area contributed by atoms with Crippen LogP contribution in [0.15, 0.2) is 29.4 Å². The normalized spacial score (nSPS) is 13.8. The quantitative estimate of drug-likeness (QED) is 0.260. The molecule has 1 aromatic carbocycles. The van der Waals surface area contributed by atoms with Gasteiger partial charge >= 0.3 is 18.1 Å². The second-order valence-electron chi connectivity index (χ2n) is 3.57. The van der Waals surface area contributed by atoms with Gasteiger partial charge in [-0.1, -0.05) is 12.1 Å². The van der Waals surface area contributed by atoms with Gasteiger partial charge in [0.25, 0.3) is 0 Å². The Morgan fingerprint density at radius 2 is 1.65 bits per heavy atom. The van der Waals surface area contributed by atoms with Crippen molar-refractivity contribution in [3.8, 4) is 0 Å². The molecule has 0 aliphatic heterocycles. The molecule has 0 saturated heterocycles. The van der Waals surface area contributed by atoms with Crippen LogP contribution in [0.3, 0.4) is 0 Å². The van der Waals surface area contributed by atoms with E-state index in [1.54, 1.807) is 6.07 Å². The van der Waals surface area contributed by atoms with Gasteiger partial charge < -0.3 is 0 Å². The first-order valence-electron chi connectivity index (χ1n) is 4.85. The van der Waals surface area contributed by atoms with Crippen molar-refractivity contribution >= 4 is 28.8 Å². The summed E-state index contributed by atoms with van der Waals surface area (Å²) in [7, 11) is 0. The van der Waals surface area contributed by atoms with Crippen LogP contribution in [-0.2, 0) is 0 Å². The standard InChI is InChI=1S/C10H6F7IN2/c11-8(12,9(13,14)15)10(16,17)20-19-5-6-2-1-3-7(18)4-6/h1-5,20H/b19-5+. The van der Waals surface area contributed by atoms with Gasteiger partial charge in [-0.25, -0.2) is 5.43 Å². The van der Waals surface area contributed by atoms with Gasteiger partial charge in [-0.2, -0.15) is 35.8 Å². The van der Waals surface area contributed by atoms with Crippen LogP contribution in [0.4, 0.5) is 30.7 Å². The number of rotatable bonds is 4. The van der Waals surface area contributed by atoms with Gasteiger partial charge in [0.05, 0.1) is 6.21 Å². The number of nitrogens with one attached hydrogen (secondary N) is 1. The topological polar surface area (TPSA) is 24.4 Å². The summed E-state index contributed by atoms with van der Waals surface area (Å²) in [6.45, 7) is 0. The number of nitrogens with zero attached hydrogens (tertiary/aromatic N) is 1. The molecule has 0 atom stereocenters. The molecule has 0 spiro atoms. The first-order valence-corrected chi connectivity index (χ1v) is 5.93. The Bertz CT molecular complexity index is 499. The average Bonchev–Trinajstić information content (AvgIpc) is 2.27. The Morgan fingerprint density at radius 3 is 2.15 bits per heavy atom. The molecule has 0 unspecified atom stereocenters. The zero-order chi connectivity index (χ0) is 15.6. The van der Waals surface area contributed by atoms with Crippen LogP contribution in [0.1, 0.15) is 5.56 Å². The summed E-state index contributed by atoms with van der Waals surface area (Å²) < 4.78 is 86.7. The molecular weight excluding hydrogens is 408 g/mol. The summed E-state index contributed by atoms with van der Waals surface area (Å²) >= 11 is 1.90. The summed E-state index contributed by atoms with van der Waals surface area (Å²) in [5, 5.41) is 2.73. The van der Waals surface area contributed by atoms with E-state index in [1.807, 2.05) is 22.6 Å². The highest BCUT2D eigenvalue weighted by molar-refractivity contribution is 14.1. The molecule has 0 bridgehead atoms. The van der Waals surface area contributed by atoms with Gasteiger partial charge in [0.15, 0.2) is 0 Å². The van der Waals surface area contributed by atoms with Gasteiger partial charge in [0, 0.05) is 3.57 Å². The van der Waals surface area contributed by atoms with Crippen molar-refractivity contribution in [2.45, 2.75) is 18.1 Å². The minimum Gasteiger partial charge on any atom is -0.242 e. The molecule has 0 radical (unpaired) electrons. The number of hydrogen-bond donors (Lipinski definition) is 1.